The van der Waals surface area contributed by atoms with Gasteiger partial charge in [-0.05, 0) is 5.56 Å². The highest BCUT2D eigenvalue weighted by Gasteiger charge is 2.18. The Morgan fingerprint density at radius 3 is 2.44 bits per heavy atom. The van der Waals surface area contributed by atoms with Crippen LogP contribution in [0.25, 0.3) is 0 Å². The molecule has 0 spiro atoms. The van der Waals surface area contributed by atoms with E-state index in [-0.39, 0.29) is 11.3 Å². The third-order valence-corrected chi connectivity index (χ3v) is 2.72. The molecule has 0 radical (unpaired) electrons. The molecule has 0 saturated carbocycles. The van der Waals surface area contributed by atoms with Gasteiger partial charge in [0.2, 0.25) is 5.89 Å². The van der Waals surface area contributed by atoms with Gasteiger partial charge in [0.15, 0.2) is 5.82 Å². The number of nitrogens with zero attached hydrogens (tertiary/aromatic N) is 2. The Kier molecular flexibility index (Phi) is 3.25. The number of alkyl halides is 1. The van der Waals surface area contributed by atoms with Gasteiger partial charge in [0.05, 0.1) is 0 Å². The third-order valence-electron chi connectivity index (χ3n) is 2.28. The highest BCUT2D eigenvalue weighted by Crippen LogP contribution is 2.27. The smallest absolute Gasteiger partial charge is 0.249 e. The Morgan fingerprint density at radius 1 is 1.19 bits per heavy atom. The monoisotopic (exact) mass is 236 g/mol. The number of halogens is 1. The minimum atomic E-state index is -0.374. The zero-order valence-electron chi connectivity index (χ0n) is 9.22. The molecule has 1 aromatic carbocycles. The number of benzene rings is 1. The van der Waals surface area contributed by atoms with Crippen molar-refractivity contribution in [3.05, 3.63) is 47.6 Å². The van der Waals surface area contributed by atoms with E-state index in [2.05, 4.69) is 10.1 Å². The molecule has 1 unspecified atom stereocenters. The average Bonchev–Trinajstić information content (AvgIpc) is 2.78. The van der Waals surface area contributed by atoms with E-state index >= 15 is 0 Å². The summed E-state index contributed by atoms with van der Waals surface area (Å²) in [7, 11) is 0. The molecule has 0 amide bonds. The fraction of sp³-hybridized carbons (Fsp3) is 0.333. The zero-order valence-corrected chi connectivity index (χ0v) is 9.98. The van der Waals surface area contributed by atoms with Crippen molar-refractivity contribution in [3.8, 4) is 0 Å². The van der Waals surface area contributed by atoms with Crippen LogP contribution in [0.1, 0.15) is 42.4 Å². The van der Waals surface area contributed by atoms with E-state index in [1.54, 1.807) is 0 Å². The molecule has 2 aromatic rings. The van der Waals surface area contributed by atoms with Crippen molar-refractivity contribution in [2.75, 3.05) is 0 Å². The molecule has 0 saturated heterocycles. The largest absolute Gasteiger partial charge is 0.337 e. The first-order valence-electron chi connectivity index (χ1n) is 5.21. The molecule has 0 aliphatic rings. The van der Waals surface area contributed by atoms with Gasteiger partial charge in [0, 0.05) is 5.92 Å². The molecule has 0 N–H and O–H groups in total. The van der Waals surface area contributed by atoms with E-state index in [1.807, 2.05) is 44.2 Å². The predicted molar refractivity (Wildman–Crippen MR) is 62.5 cm³/mol. The van der Waals surface area contributed by atoms with Crippen LogP contribution in [-0.2, 0) is 0 Å². The van der Waals surface area contributed by atoms with Gasteiger partial charge in [-0.25, -0.2) is 0 Å². The maximum Gasteiger partial charge on any atom is 0.249 e. The summed E-state index contributed by atoms with van der Waals surface area (Å²) in [6, 6.07) is 9.70. The molecule has 3 nitrogen and oxygen atoms in total. The van der Waals surface area contributed by atoms with Crippen LogP contribution in [0.2, 0.25) is 0 Å². The minimum absolute atomic E-state index is 0.247. The van der Waals surface area contributed by atoms with Crippen LogP contribution < -0.4 is 0 Å². The lowest BCUT2D eigenvalue weighted by Crippen LogP contribution is -1.95. The topological polar surface area (TPSA) is 38.9 Å². The molecule has 1 atom stereocenters. The van der Waals surface area contributed by atoms with E-state index < -0.39 is 0 Å². The van der Waals surface area contributed by atoms with E-state index in [1.165, 1.54) is 0 Å². The summed E-state index contributed by atoms with van der Waals surface area (Å²) in [6.07, 6.45) is 0. The first-order valence-corrected chi connectivity index (χ1v) is 5.64. The van der Waals surface area contributed by atoms with Crippen molar-refractivity contribution >= 4 is 11.6 Å². The van der Waals surface area contributed by atoms with Crippen LogP contribution >= 0.6 is 11.6 Å². The van der Waals surface area contributed by atoms with Crippen molar-refractivity contribution in [1.29, 1.82) is 0 Å². The number of aromatic nitrogens is 2. The molecule has 0 aliphatic heterocycles. The Hall–Kier alpha value is -1.35. The SMILES string of the molecule is CC(C)c1noc(C(Cl)c2ccccc2)n1. The first-order chi connectivity index (χ1) is 7.68. The average molecular weight is 237 g/mol. The van der Waals surface area contributed by atoms with E-state index in [0.717, 1.165) is 5.56 Å². The second-order valence-electron chi connectivity index (χ2n) is 3.92. The Balaban J connectivity index is 2.24. The van der Waals surface area contributed by atoms with Crippen LogP contribution in [-0.4, -0.2) is 10.1 Å². The van der Waals surface area contributed by atoms with Gasteiger partial charge in [-0.3, -0.25) is 0 Å². The molecular weight excluding hydrogens is 224 g/mol. The maximum absolute atomic E-state index is 6.25. The van der Waals surface area contributed by atoms with E-state index in [0.29, 0.717) is 11.7 Å². The lowest BCUT2D eigenvalue weighted by atomic mass is 10.1. The molecule has 4 heteroatoms. The number of rotatable bonds is 3. The van der Waals surface area contributed by atoms with Crippen molar-refractivity contribution in [1.82, 2.24) is 10.1 Å². The number of hydrogen-bond donors (Lipinski definition) is 0. The molecule has 16 heavy (non-hydrogen) atoms. The molecule has 1 heterocycles. The summed E-state index contributed by atoms with van der Waals surface area (Å²) in [5.41, 5.74) is 0.961. The minimum Gasteiger partial charge on any atom is -0.337 e. The zero-order chi connectivity index (χ0) is 11.5. The number of hydrogen-bond acceptors (Lipinski definition) is 3. The molecule has 0 fully saturated rings. The van der Waals surface area contributed by atoms with E-state index in [9.17, 15) is 0 Å². The highest BCUT2D eigenvalue weighted by atomic mass is 35.5. The van der Waals surface area contributed by atoms with Gasteiger partial charge in [0.25, 0.3) is 0 Å². The van der Waals surface area contributed by atoms with Crippen molar-refractivity contribution < 1.29 is 4.52 Å². The Labute approximate surface area is 99.4 Å². The summed E-state index contributed by atoms with van der Waals surface area (Å²) in [6.45, 7) is 4.03. The lowest BCUT2D eigenvalue weighted by Gasteiger charge is -2.03. The van der Waals surface area contributed by atoms with Gasteiger partial charge in [0.1, 0.15) is 5.38 Å². The van der Waals surface area contributed by atoms with Crippen molar-refractivity contribution in [2.24, 2.45) is 0 Å². The predicted octanol–water partition coefficient (Wildman–Crippen LogP) is 3.52. The van der Waals surface area contributed by atoms with Crippen LogP contribution in [0.4, 0.5) is 0 Å². The lowest BCUT2D eigenvalue weighted by molar-refractivity contribution is 0.375. The normalized spacial score (nSPS) is 13.0. The highest BCUT2D eigenvalue weighted by molar-refractivity contribution is 6.22. The molecule has 84 valence electrons. The summed E-state index contributed by atoms with van der Waals surface area (Å²) >= 11 is 6.25. The van der Waals surface area contributed by atoms with Gasteiger partial charge in [-0.15, -0.1) is 11.6 Å². The molecule has 1 aromatic heterocycles. The fourth-order valence-electron chi connectivity index (χ4n) is 1.35. The van der Waals surface area contributed by atoms with Crippen molar-refractivity contribution in [2.45, 2.75) is 25.1 Å². The van der Waals surface area contributed by atoms with Gasteiger partial charge < -0.3 is 4.52 Å². The standard InChI is InChI=1S/C12H13ClN2O/c1-8(2)11-14-12(16-15-11)10(13)9-6-4-3-5-7-9/h3-8,10H,1-2H3. The van der Waals surface area contributed by atoms with Crippen LogP contribution in [0.15, 0.2) is 34.9 Å². The molecule has 0 bridgehead atoms. The Morgan fingerprint density at radius 2 is 1.88 bits per heavy atom. The summed E-state index contributed by atoms with van der Waals surface area (Å²) in [5, 5.41) is 3.52. The second kappa shape index (κ2) is 4.66. The summed E-state index contributed by atoms with van der Waals surface area (Å²) < 4.78 is 5.15. The Bertz CT molecular complexity index is 453. The summed E-state index contributed by atoms with van der Waals surface area (Å²) in [5.74, 6) is 1.39. The fourth-order valence-corrected chi connectivity index (χ4v) is 1.58. The van der Waals surface area contributed by atoms with Crippen LogP contribution in [0.3, 0.4) is 0 Å². The molecule has 2 rings (SSSR count). The van der Waals surface area contributed by atoms with Crippen LogP contribution in [0.5, 0.6) is 0 Å². The summed E-state index contributed by atoms with van der Waals surface area (Å²) in [4.78, 5) is 4.28. The molecule has 0 aliphatic carbocycles. The van der Waals surface area contributed by atoms with Crippen molar-refractivity contribution in [3.63, 3.8) is 0 Å². The second-order valence-corrected chi connectivity index (χ2v) is 4.36. The van der Waals surface area contributed by atoms with Gasteiger partial charge in [-0.1, -0.05) is 49.3 Å². The van der Waals surface area contributed by atoms with Gasteiger partial charge >= 0.3 is 0 Å². The quantitative estimate of drug-likeness (QED) is 0.766. The maximum atomic E-state index is 6.25. The van der Waals surface area contributed by atoms with Gasteiger partial charge in [-0.2, -0.15) is 4.98 Å². The van der Waals surface area contributed by atoms with Crippen LogP contribution in [0, 0.1) is 0 Å². The molecular formula is C12H13ClN2O. The van der Waals surface area contributed by atoms with E-state index in [4.69, 9.17) is 16.1 Å². The first kappa shape index (κ1) is 11.1. The third kappa shape index (κ3) is 2.25.